The van der Waals surface area contributed by atoms with E-state index in [9.17, 15) is 9.59 Å². The number of benzene rings is 1. The second kappa shape index (κ2) is 10.1. The zero-order valence-corrected chi connectivity index (χ0v) is 18.9. The maximum Gasteiger partial charge on any atom is 0.224 e. The normalized spacial score (nSPS) is 21.0. The van der Waals surface area contributed by atoms with E-state index in [1.807, 2.05) is 18.2 Å². The highest BCUT2D eigenvalue weighted by Crippen LogP contribution is 2.44. The predicted octanol–water partition coefficient (Wildman–Crippen LogP) is 3.94. The van der Waals surface area contributed by atoms with Crippen molar-refractivity contribution in [2.45, 2.75) is 57.9 Å². The fourth-order valence-electron chi connectivity index (χ4n) is 4.70. The second-order valence-corrected chi connectivity index (χ2v) is 9.02. The molecule has 0 radical (unpaired) electrons. The van der Waals surface area contributed by atoms with E-state index in [0.29, 0.717) is 13.0 Å². The number of carbonyl (C=O) groups is 2. The third kappa shape index (κ3) is 5.06. The van der Waals surface area contributed by atoms with Crippen LogP contribution in [-0.4, -0.2) is 35.1 Å². The first-order chi connectivity index (χ1) is 15.5. The molecule has 4 rings (SSSR count). The number of carbonyl (C=O) groups excluding carboxylic acids is 2. The molecule has 1 aromatic carbocycles. The highest BCUT2D eigenvalue weighted by Gasteiger charge is 2.36. The molecule has 1 aliphatic heterocycles. The molecule has 2 aliphatic rings. The molecule has 2 amide bonds. The molecular weight excluding hydrogens is 400 g/mol. The Labute approximate surface area is 189 Å². The molecule has 0 saturated heterocycles. The van der Waals surface area contributed by atoms with Crippen LogP contribution in [0.15, 0.2) is 53.8 Å². The Morgan fingerprint density at radius 1 is 1.16 bits per heavy atom. The Balaban J connectivity index is 1.34. The molecule has 0 spiro atoms. The Morgan fingerprint density at radius 3 is 2.72 bits per heavy atom. The van der Waals surface area contributed by atoms with Gasteiger partial charge >= 0.3 is 0 Å². The summed E-state index contributed by atoms with van der Waals surface area (Å²) in [4.78, 5) is 34.4. The lowest BCUT2D eigenvalue weighted by Gasteiger charge is -2.31. The Kier molecular flexibility index (Phi) is 6.98. The van der Waals surface area contributed by atoms with Crippen LogP contribution in [0.25, 0.3) is 0 Å². The minimum atomic E-state index is -0.0835. The number of nitrogens with zero attached hydrogens (tertiary/aromatic N) is 2. The summed E-state index contributed by atoms with van der Waals surface area (Å²) >= 11 is 0. The van der Waals surface area contributed by atoms with Crippen molar-refractivity contribution in [2.75, 3.05) is 6.54 Å². The number of fused-ring (bicyclic) bond motifs is 3. The number of aliphatic imine (C=N–C) groups is 1. The SMILES string of the molecule is CCC(C)[C@@H](CNC(=O)Cc1ccncc1)NC(=O)C1CCC2=Nc3ccccc3C2C1. The van der Waals surface area contributed by atoms with E-state index in [0.717, 1.165) is 36.9 Å². The average Bonchev–Trinajstić information content (AvgIpc) is 3.19. The molecule has 2 N–H and O–H groups in total. The first kappa shape index (κ1) is 22.2. The lowest BCUT2D eigenvalue weighted by atomic mass is 9.77. The van der Waals surface area contributed by atoms with E-state index in [1.54, 1.807) is 12.4 Å². The van der Waals surface area contributed by atoms with Crippen LogP contribution in [0.1, 0.15) is 56.6 Å². The van der Waals surface area contributed by atoms with Crippen molar-refractivity contribution in [3.05, 3.63) is 59.9 Å². The maximum absolute atomic E-state index is 13.2. The maximum atomic E-state index is 13.2. The molecule has 2 heterocycles. The van der Waals surface area contributed by atoms with Gasteiger partial charge in [-0.1, -0.05) is 38.5 Å². The number of aromatic nitrogens is 1. The summed E-state index contributed by atoms with van der Waals surface area (Å²) in [6.45, 7) is 4.68. The molecule has 168 valence electrons. The summed E-state index contributed by atoms with van der Waals surface area (Å²) in [5.74, 6) is 0.567. The van der Waals surface area contributed by atoms with Crippen LogP contribution in [-0.2, 0) is 16.0 Å². The molecule has 3 unspecified atom stereocenters. The number of para-hydroxylation sites is 1. The van der Waals surface area contributed by atoms with Crippen molar-refractivity contribution in [3.8, 4) is 0 Å². The lowest BCUT2D eigenvalue weighted by Crippen LogP contribution is -2.49. The molecular formula is C26H32N4O2. The predicted molar refractivity (Wildman–Crippen MR) is 126 cm³/mol. The molecule has 2 aromatic rings. The largest absolute Gasteiger partial charge is 0.354 e. The van der Waals surface area contributed by atoms with Gasteiger partial charge in [-0.2, -0.15) is 0 Å². The number of hydrogen-bond acceptors (Lipinski definition) is 4. The number of pyridine rings is 1. The molecule has 4 atom stereocenters. The van der Waals surface area contributed by atoms with Gasteiger partial charge in [0.2, 0.25) is 11.8 Å². The van der Waals surface area contributed by atoms with E-state index in [4.69, 9.17) is 4.99 Å². The van der Waals surface area contributed by atoms with Gasteiger partial charge in [0, 0.05) is 42.5 Å². The van der Waals surface area contributed by atoms with Crippen LogP contribution in [0.4, 0.5) is 5.69 Å². The monoisotopic (exact) mass is 432 g/mol. The fraction of sp³-hybridized carbons (Fsp3) is 0.462. The quantitative estimate of drug-likeness (QED) is 0.663. The number of rotatable bonds is 8. The van der Waals surface area contributed by atoms with Gasteiger partial charge in [0.1, 0.15) is 0 Å². The molecule has 1 fully saturated rings. The van der Waals surface area contributed by atoms with Gasteiger partial charge in [-0.05, 0) is 54.5 Å². The van der Waals surface area contributed by atoms with Crippen LogP contribution < -0.4 is 10.6 Å². The van der Waals surface area contributed by atoms with Gasteiger partial charge in [-0.25, -0.2) is 0 Å². The topological polar surface area (TPSA) is 83.5 Å². The first-order valence-corrected chi connectivity index (χ1v) is 11.7. The summed E-state index contributed by atoms with van der Waals surface area (Å²) < 4.78 is 0. The zero-order valence-electron chi connectivity index (χ0n) is 18.9. The standard InChI is InChI=1S/C26H32N4O2/c1-3-17(2)24(16-28-25(31)14-18-10-12-27-13-11-18)30-26(32)19-8-9-23-21(15-19)20-6-4-5-7-22(20)29-23/h4-7,10-13,17,19,21,24H,3,8-9,14-16H2,1-2H3,(H,28,31)(H,30,32)/t17?,19?,21?,24-/m1/s1. The van der Waals surface area contributed by atoms with Gasteiger partial charge in [-0.3, -0.25) is 19.6 Å². The molecule has 6 nitrogen and oxygen atoms in total. The minimum absolute atomic E-state index is 0.0239. The highest BCUT2D eigenvalue weighted by molar-refractivity contribution is 5.99. The molecule has 6 heteroatoms. The third-order valence-electron chi connectivity index (χ3n) is 6.91. The van der Waals surface area contributed by atoms with E-state index in [-0.39, 0.29) is 35.6 Å². The van der Waals surface area contributed by atoms with Crippen molar-refractivity contribution >= 4 is 23.2 Å². The van der Waals surface area contributed by atoms with Crippen molar-refractivity contribution in [1.82, 2.24) is 15.6 Å². The van der Waals surface area contributed by atoms with Crippen molar-refractivity contribution < 1.29 is 9.59 Å². The average molecular weight is 433 g/mol. The first-order valence-electron chi connectivity index (χ1n) is 11.7. The van der Waals surface area contributed by atoms with Gasteiger partial charge in [0.05, 0.1) is 12.1 Å². The molecule has 1 aromatic heterocycles. The van der Waals surface area contributed by atoms with Gasteiger partial charge in [0.25, 0.3) is 0 Å². The summed E-state index contributed by atoms with van der Waals surface area (Å²) in [5, 5.41) is 6.27. The summed E-state index contributed by atoms with van der Waals surface area (Å²) in [7, 11) is 0. The molecule has 0 bridgehead atoms. The summed E-state index contributed by atoms with van der Waals surface area (Å²) in [5.41, 5.74) is 4.46. The van der Waals surface area contributed by atoms with E-state index in [2.05, 4.69) is 47.7 Å². The Bertz CT molecular complexity index is 988. The van der Waals surface area contributed by atoms with Crippen LogP contribution in [0.5, 0.6) is 0 Å². The van der Waals surface area contributed by atoms with Crippen LogP contribution in [0.2, 0.25) is 0 Å². The third-order valence-corrected chi connectivity index (χ3v) is 6.91. The van der Waals surface area contributed by atoms with Crippen molar-refractivity contribution in [3.63, 3.8) is 0 Å². The number of hydrogen-bond donors (Lipinski definition) is 2. The van der Waals surface area contributed by atoms with Gasteiger partial charge in [-0.15, -0.1) is 0 Å². The second-order valence-electron chi connectivity index (χ2n) is 9.02. The number of nitrogens with one attached hydrogen (secondary N) is 2. The van der Waals surface area contributed by atoms with Gasteiger partial charge in [0.15, 0.2) is 0 Å². The van der Waals surface area contributed by atoms with Crippen molar-refractivity contribution in [1.29, 1.82) is 0 Å². The molecule has 1 aliphatic carbocycles. The van der Waals surface area contributed by atoms with Crippen LogP contribution >= 0.6 is 0 Å². The highest BCUT2D eigenvalue weighted by atomic mass is 16.2. The van der Waals surface area contributed by atoms with E-state index < -0.39 is 0 Å². The summed E-state index contributed by atoms with van der Waals surface area (Å²) in [6.07, 6.45) is 7.13. The van der Waals surface area contributed by atoms with E-state index >= 15 is 0 Å². The fourth-order valence-corrected chi connectivity index (χ4v) is 4.70. The van der Waals surface area contributed by atoms with Crippen molar-refractivity contribution in [2.24, 2.45) is 16.8 Å². The lowest BCUT2D eigenvalue weighted by molar-refractivity contribution is -0.127. The molecule has 32 heavy (non-hydrogen) atoms. The smallest absolute Gasteiger partial charge is 0.224 e. The van der Waals surface area contributed by atoms with E-state index in [1.165, 1.54) is 11.3 Å². The van der Waals surface area contributed by atoms with Crippen LogP contribution in [0, 0.1) is 11.8 Å². The number of amides is 2. The Morgan fingerprint density at radius 2 is 1.94 bits per heavy atom. The van der Waals surface area contributed by atoms with Crippen LogP contribution in [0.3, 0.4) is 0 Å². The Hall–Kier alpha value is -3.02. The zero-order chi connectivity index (χ0) is 22.5. The van der Waals surface area contributed by atoms with Gasteiger partial charge < -0.3 is 10.6 Å². The summed E-state index contributed by atoms with van der Waals surface area (Å²) in [6, 6.07) is 11.9. The minimum Gasteiger partial charge on any atom is -0.354 e. The molecule has 1 saturated carbocycles.